The minimum Gasteiger partial charge on any atom is -0.365 e. The maximum Gasteiger partial charge on any atom is 0.255 e. The summed E-state index contributed by atoms with van der Waals surface area (Å²) in [5.41, 5.74) is 1.17. The minimum absolute atomic E-state index is 0.145. The van der Waals surface area contributed by atoms with Gasteiger partial charge in [0.1, 0.15) is 6.10 Å². The van der Waals surface area contributed by atoms with Crippen LogP contribution in [0.1, 0.15) is 43.2 Å². The fourth-order valence-electron chi connectivity index (χ4n) is 2.25. The van der Waals surface area contributed by atoms with Crippen LogP contribution in [0.5, 0.6) is 0 Å². The van der Waals surface area contributed by atoms with Crippen LogP contribution in [0.15, 0.2) is 12.7 Å². The number of amides is 1. The summed E-state index contributed by atoms with van der Waals surface area (Å²) >= 11 is 1.61. The quantitative estimate of drug-likeness (QED) is 0.847. The van der Waals surface area contributed by atoms with E-state index in [1.165, 1.54) is 36.3 Å². The van der Waals surface area contributed by atoms with E-state index in [2.05, 4.69) is 16.9 Å². The summed E-state index contributed by atoms with van der Waals surface area (Å²) in [5.74, 6) is -0.145. The molecule has 0 saturated heterocycles. The molecule has 0 aromatic carbocycles. The molecule has 1 aliphatic rings. The third kappa shape index (κ3) is 4.15. The van der Waals surface area contributed by atoms with Crippen LogP contribution in [0.3, 0.4) is 0 Å². The number of rotatable bonds is 5. The first-order valence-electron chi connectivity index (χ1n) is 7.22. The van der Waals surface area contributed by atoms with Gasteiger partial charge in [-0.05, 0) is 32.6 Å². The zero-order valence-electron chi connectivity index (χ0n) is 12.0. The van der Waals surface area contributed by atoms with Crippen LogP contribution in [0.2, 0.25) is 0 Å². The zero-order valence-corrected chi connectivity index (χ0v) is 12.8. The molecule has 0 unspecified atom stereocenters. The van der Waals surface area contributed by atoms with Crippen molar-refractivity contribution in [2.75, 3.05) is 11.9 Å². The predicted octanol–water partition coefficient (Wildman–Crippen LogP) is 3.33. The van der Waals surface area contributed by atoms with Crippen LogP contribution in [0, 0.1) is 0 Å². The van der Waals surface area contributed by atoms with E-state index in [0.717, 1.165) is 12.8 Å². The number of aryl methyl sites for hydroxylation is 2. The van der Waals surface area contributed by atoms with Crippen molar-refractivity contribution < 1.29 is 9.53 Å². The number of carbonyl (C=O) groups excluding carboxylic acids is 1. The van der Waals surface area contributed by atoms with Gasteiger partial charge in [-0.25, -0.2) is 4.98 Å². The highest BCUT2D eigenvalue weighted by molar-refractivity contribution is 7.15. The van der Waals surface area contributed by atoms with E-state index in [-0.39, 0.29) is 5.91 Å². The Kier molecular flexibility index (Phi) is 5.73. The molecule has 1 aromatic heterocycles. The van der Waals surface area contributed by atoms with Crippen molar-refractivity contribution in [2.24, 2.45) is 0 Å². The van der Waals surface area contributed by atoms with Gasteiger partial charge in [0.05, 0.1) is 12.3 Å². The van der Waals surface area contributed by atoms with Gasteiger partial charge in [-0.3, -0.25) is 10.1 Å². The van der Waals surface area contributed by atoms with E-state index in [4.69, 9.17) is 4.74 Å². The van der Waals surface area contributed by atoms with Gasteiger partial charge in [-0.15, -0.1) is 17.9 Å². The second kappa shape index (κ2) is 7.55. The van der Waals surface area contributed by atoms with Crippen molar-refractivity contribution in [3.05, 3.63) is 23.2 Å². The number of anilines is 1. The van der Waals surface area contributed by atoms with Crippen LogP contribution in [0.4, 0.5) is 5.13 Å². The highest BCUT2D eigenvalue weighted by Gasteiger charge is 2.17. The topological polar surface area (TPSA) is 51.2 Å². The number of hydrogen-bond acceptors (Lipinski definition) is 4. The average Bonchev–Trinajstić information content (AvgIpc) is 2.77. The van der Waals surface area contributed by atoms with Crippen LogP contribution < -0.4 is 5.32 Å². The summed E-state index contributed by atoms with van der Waals surface area (Å²) in [7, 11) is 0. The first-order valence-corrected chi connectivity index (χ1v) is 8.04. The summed E-state index contributed by atoms with van der Waals surface area (Å²) < 4.78 is 5.31. The molecule has 1 N–H and O–H groups in total. The fraction of sp³-hybridized carbons (Fsp3) is 0.600. The molecule has 1 heterocycles. The van der Waals surface area contributed by atoms with Crippen molar-refractivity contribution in [3.63, 3.8) is 0 Å². The largest absolute Gasteiger partial charge is 0.365 e. The molecule has 110 valence electrons. The van der Waals surface area contributed by atoms with E-state index in [1.54, 1.807) is 24.3 Å². The highest BCUT2D eigenvalue weighted by atomic mass is 32.1. The van der Waals surface area contributed by atoms with Crippen molar-refractivity contribution in [2.45, 2.75) is 51.6 Å². The van der Waals surface area contributed by atoms with E-state index < -0.39 is 6.10 Å². The smallest absolute Gasteiger partial charge is 0.255 e. The van der Waals surface area contributed by atoms with Gasteiger partial charge in [0.25, 0.3) is 5.91 Å². The third-order valence-electron chi connectivity index (χ3n) is 3.41. The monoisotopic (exact) mass is 294 g/mol. The van der Waals surface area contributed by atoms with Crippen molar-refractivity contribution in [1.29, 1.82) is 0 Å². The lowest BCUT2D eigenvalue weighted by molar-refractivity contribution is -0.125. The van der Waals surface area contributed by atoms with Gasteiger partial charge >= 0.3 is 0 Å². The summed E-state index contributed by atoms with van der Waals surface area (Å²) in [5, 5.41) is 3.56. The van der Waals surface area contributed by atoms with Crippen LogP contribution >= 0.6 is 11.3 Å². The summed E-state index contributed by atoms with van der Waals surface area (Å²) in [4.78, 5) is 17.9. The molecule has 1 aliphatic carbocycles. The minimum atomic E-state index is -0.487. The molecule has 0 spiro atoms. The van der Waals surface area contributed by atoms with Gasteiger partial charge in [-0.2, -0.15) is 0 Å². The number of aromatic nitrogens is 1. The normalized spacial score (nSPS) is 16.6. The summed E-state index contributed by atoms with van der Waals surface area (Å²) in [6.07, 6.45) is 8.27. The molecule has 20 heavy (non-hydrogen) atoms. The SMILES string of the molecule is C=CCO[C@H](C)C(=O)Nc1nc2c(s1)CCCCCC2. The van der Waals surface area contributed by atoms with Crippen LogP contribution in [-0.4, -0.2) is 23.6 Å². The Hall–Kier alpha value is -1.20. The molecular weight excluding hydrogens is 272 g/mol. The molecular formula is C15H22N2O2S. The number of ether oxygens (including phenoxy) is 1. The van der Waals surface area contributed by atoms with Crippen molar-refractivity contribution in [1.82, 2.24) is 4.98 Å². The Balaban J connectivity index is 1.97. The zero-order chi connectivity index (χ0) is 14.4. The second-order valence-electron chi connectivity index (χ2n) is 5.06. The average molecular weight is 294 g/mol. The molecule has 0 aliphatic heterocycles. The van der Waals surface area contributed by atoms with Crippen LogP contribution in [0.25, 0.3) is 0 Å². The molecule has 0 bridgehead atoms. The lowest BCUT2D eigenvalue weighted by Gasteiger charge is -2.10. The number of nitrogens with zero attached hydrogens (tertiary/aromatic N) is 1. The molecule has 5 heteroatoms. The fourth-order valence-corrected chi connectivity index (χ4v) is 3.31. The number of hydrogen-bond donors (Lipinski definition) is 1. The number of carbonyl (C=O) groups is 1. The lowest BCUT2D eigenvalue weighted by Crippen LogP contribution is -2.27. The molecule has 4 nitrogen and oxygen atoms in total. The number of fused-ring (bicyclic) bond motifs is 1. The summed E-state index contributed by atoms with van der Waals surface area (Å²) in [6.45, 7) is 5.69. The van der Waals surface area contributed by atoms with E-state index >= 15 is 0 Å². The molecule has 1 amide bonds. The first-order chi connectivity index (χ1) is 9.70. The predicted molar refractivity (Wildman–Crippen MR) is 82.2 cm³/mol. The van der Waals surface area contributed by atoms with Gasteiger partial charge in [0, 0.05) is 4.88 Å². The molecule has 2 rings (SSSR count). The molecule has 0 radical (unpaired) electrons. The lowest BCUT2D eigenvalue weighted by atomic mass is 10.0. The number of thiazole rings is 1. The van der Waals surface area contributed by atoms with Gasteiger partial charge in [-0.1, -0.05) is 18.9 Å². The second-order valence-corrected chi connectivity index (χ2v) is 6.14. The van der Waals surface area contributed by atoms with E-state index in [0.29, 0.717) is 11.7 Å². The first kappa shape index (κ1) is 15.2. The Morgan fingerprint density at radius 1 is 1.45 bits per heavy atom. The van der Waals surface area contributed by atoms with E-state index in [9.17, 15) is 4.79 Å². The third-order valence-corrected chi connectivity index (χ3v) is 4.48. The van der Waals surface area contributed by atoms with Gasteiger partial charge in [0.15, 0.2) is 5.13 Å². The maximum atomic E-state index is 12.0. The van der Waals surface area contributed by atoms with Crippen LogP contribution in [-0.2, 0) is 22.4 Å². The molecule has 0 saturated carbocycles. The Bertz CT molecular complexity index is 445. The Morgan fingerprint density at radius 2 is 2.20 bits per heavy atom. The Labute approximate surface area is 124 Å². The van der Waals surface area contributed by atoms with Crippen molar-refractivity contribution in [3.8, 4) is 0 Å². The van der Waals surface area contributed by atoms with Gasteiger partial charge in [0.2, 0.25) is 0 Å². The maximum absolute atomic E-state index is 12.0. The molecule has 1 aromatic rings. The molecule has 1 atom stereocenters. The summed E-state index contributed by atoms with van der Waals surface area (Å²) in [6, 6.07) is 0. The van der Waals surface area contributed by atoms with E-state index in [1.807, 2.05) is 0 Å². The highest BCUT2D eigenvalue weighted by Crippen LogP contribution is 2.28. The van der Waals surface area contributed by atoms with Crippen molar-refractivity contribution >= 4 is 22.4 Å². The van der Waals surface area contributed by atoms with Gasteiger partial charge < -0.3 is 4.74 Å². The number of nitrogens with one attached hydrogen (secondary N) is 1. The standard InChI is InChI=1S/C15H22N2O2S/c1-3-10-19-11(2)14(18)17-15-16-12-8-6-4-5-7-9-13(12)20-15/h3,11H,1,4-10H2,2H3,(H,16,17,18)/t11-/m1/s1. The molecule has 0 fully saturated rings. The Morgan fingerprint density at radius 3 is 2.95 bits per heavy atom.